The van der Waals surface area contributed by atoms with Crippen LogP contribution in [0.1, 0.15) is 75.9 Å². The summed E-state index contributed by atoms with van der Waals surface area (Å²) in [5.74, 6) is 0. The maximum absolute atomic E-state index is 5.83. The highest BCUT2D eigenvalue weighted by Crippen LogP contribution is 2.58. The van der Waals surface area contributed by atoms with Gasteiger partial charge in [-0.05, 0) is 152 Å². The van der Waals surface area contributed by atoms with Gasteiger partial charge in [-0.25, -0.2) is 9.97 Å². The monoisotopic (exact) mass is 824 g/mol. The predicted octanol–water partition coefficient (Wildman–Crippen LogP) is 16.7. The molecule has 9 aromatic rings. The maximum Gasteiger partial charge on any atom is 0.0934 e. The largest absolute Gasteiger partial charge is 0.248 e. The average Bonchev–Trinajstić information content (AvgIpc) is 3.81. The number of hydrogen-bond acceptors (Lipinski definition) is 2. The molecule has 2 aliphatic rings. The van der Waals surface area contributed by atoms with Gasteiger partial charge in [0.25, 0.3) is 0 Å². The Hall–Kier alpha value is -7.16. The van der Waals surface area contributed by atoms with E-state index in [0.717, 1.165) is 48.5 Å². The molecular formula is C62H52N2. The molecule has 2 heteroatoms. The van der Waals surface area contributed by atoms with E-state index in [1.54, 1.807) is 0 Å². The number of hydrogen-bond donors (Lipinski definition) is 0. The van der Waals surface area contributed by atoms with Gasteiger partial charge in [0, 0.05) is 22.0 Å². The van der Waals surface area contributed by atoms with Gasteiger partial charge in [-0.1, -0.05) is 173 Å². The molecule has 0 amide bonds. The zero-order chi connectivity index (χ0) is 43.4. The fourth-order valence-electron chi connectivity index (χ4n) is 11.1. The molecule has 0 saturated carbocycles. The van der Waals surface area contributed by atoms with E-state index in [0.29, 0.717) is 0 Å². The van der Waals surface area contributed by atoms with Gasteiger partial charge < -0.3 is 0 Å². The summed E-state index contributed by atoms with van der Waals surface area (Å²) in [5, 5.41) is 0. The summed E-state index contributed by atoms with van der Waals surface area (Å²) in [5.41, 5.74) is 23.7. The number of rotatable bonds is 10. The summed E-state index contributed by atoms with van der Waals surface area (Å²) in [7, 11) is 0. The maximum atomic E-state index is 5.83. The standard InChI is InChI=1S/C62H52N2/c1-5-61(6-2)55-39-45(51-35-47(41-21-13-9-14-22-41)33-48(36-51)42-23-15-10-16-24-42)29-31-53(55)57-59(61)63-58-54-32-30-46(40-56(54)62(7-3,8-4)60(58)64-57)52-37-49(43-25-17-11-18-26-43)34-50(38-52)44-27-19-12-20-28-44/h9-40H,5-8H2,1-4H3. The van der Waals surface area contributed by atoms with E-state index in [1.807, 2.05) is 0 Å². The van der Waals surface area contributed by atoms with Crippen molar-refractivity contribution in [2.24, 2.45) is 0 Å². The minimum atomic E-state index is -0.252. The molecule has 8 aromatic carbocycles. The van der Waals surface area contributed by atoms with Crippen molar-refractivity contribution >= 4 is 0 Å². The van der Waals surface area contributed by atoms with Crippen LogP contribution in [0.25, 0.3) is 89.3 Å². The fraction of sp³-hybridized carbons (Fsp3) is 0.161. The molecule has 0 saturated heterocycles. The predicted molar refractivity (Wildman–Crippen MR) is 268 cm³/mol. The number of benzene rings is 8. The molecule has 0 unspecified atom stereocenters. The first-order chi connectivity index (χ1) is 31.5. The summed E-state index contributed by atoms with van der Waals surface area (Å²) in [6.45, 7) is 9.35. The smallest absolute Gasteiger partial charge is 0.0934 e. The van der Waals surface area contributed by atoms with Crippen LogP contribution in [0.3, 0.4) is 0 Å². The molecule has 64 heavy (non-hydrogen) atoms. The molecular weight excluding hydrogens is 773 g/mol. The molecule has 2 nitrogen and oxygen atoms in total. The lowest BCUT2D eigenvalue weighted by Crippen LogP contribution is -2.27. The van der Waals surface area contributed by atoms with E-state index in [2.05, 4.69) is 222 Å². The van der Waals surface area contributed by atoms with Gasteiger partial charge in [0.2, 0.25) is 0 Å². The summed E-state index contributed by atoms with van der Waals surface area (Å²) in [6.07, 6.45) is 3.78. The van der Waals surface area contributed by atoms with Gasteiger partial charge in [0.1, 0.15) is 0 Å². The normalized spacial score (nSPS) is 13.8. The van der Waals surface area contributed by atoms with Crippen LogP contribution in [0, 0.1) is 0 Å². The van der Waals surface area contributed by atoms with Crippen molar-refractivity contribution in [2.45, 2.75) is 64.2 Å². The summed E-state index contributed by atoms with van der Waals surface area (Å²) < 4.78 is 0. The SMILES string of the molecule is CCC1(CC)c2cc(-c3cc(-c4ccccc4)cc(-c4ccccc4)c3)ccc2-c2nc3c(nc21)-c1ccc(-c2cc(-c4ccccc4)cc(-c4ccccc4)c2)cc1C3(CC)CC. The molecule has 0 spiro atoms. The first kappa shape index (κ1) is 39.7. The van der Waals surface area contributed by atoms with E-state index in [4.69, 9.17) is 9.97 Å². The van der Waals surface area contributed by atoms with Crippen LogP contribution in [0.5, 0.6) is 0 Å². The lowest BCUT2D eigenvalue weighted by Gasteiger charge is -2.30. The van der Waals surface area contributed by atoms with Gasteiger partial charge in [-0.3, -0.25) is 0 Å². The Morgan fingerprint density at radius 3 is 0.812 bits per heavy atom. The quantitative estimate of drug-likeness (QED) is 0.137. The van der Waals surface area contributed by atoms with E-state index < -0.39 is 0 Å². The van der Waals surface area contributed by atoms with E-state index >= 15 is 0 Å². The highest BCUT2D eigenvalue weighted by Gasteiger charge is 2.49. The molecule has 1 aromatic heterocycles. The van der Waals surface area contributed by atoms with Gasteiger partial charge >= 0.3 is 0 Å². The van der Waals surface area contributed by atoms with Crippen LogP contribution in [0.4, 0.5) is 0 Å². The van der Waals surface area contributed by atoms with E-state index in [-0.39, 0.29) is 10.8 Å². The Balaban J connectivity index is 1.04. The number of nitrogens with zero attached hydrogens (tertiary/aromatic N) is 2. The Morgan fingerprint density at radius 2 is 0.547 bits per heavy atom. The number of fused-ring (bicyclic) bond motifs is 6. The molecule has 1 heterocycles. The lowest BCUT2D eigenvalue weighted by atomic mass is 9.75. The highest BCUT2D eigenvalue weighted by atomic mass is 14.9. The summed E-state index contributed by atoms with van der Waals surface area (Å²) >= 11 is 0. The highest BCUT2D eigenvalue weighted by molar-refractivity contribution is 5.89. The topological polar surface area (TPSA) is 25.8 Å². The molecule has 0 aliphatic heterocycles. The van der Waals surface area contributed by atoms with Crippen molar-refractivity contribution in [3.05, 3.63) is 217 Å². The third-order valence-corrected chi connectivity index (χ3v) is 14.8. The lowest BCUT2D eigenvalue weighted by molar-refractivity contribution is 0.466. The van der Waals surface area contributed by atoms with E-state index in [9.17, 15) is 0 Å². The van der Waals surface area contributed by atoms with Crippen LogP contribution in [0.2, 0.25) is 0 Å². The van der Waals surface area contributed by atoms with Gasteiger partial charge in [0.15, 0.2) is 0 Å². The molecule has 0 N–H and O–H groups in total. The van der Waals surface area contributed by atoms with Crippen molar-refractivity contribution in [1.29, 1.82) is 0 Å². The Morgan fingerprint density at radius 1 is 0.281 bits per heavy atom. The second-order valence-corrected chi connectivity index (χ2v) is 17.8. The van der Waals surface area contributed by atoms with Gasteiger partial charge in [-0.15, -0.1) is 0 Å². The number of aromatic nitrogens is 2. The van der Waals surface area contributed by atoms with Gasteiger partial charge in [0.05, 0.1) is 22.8 Å². The minimum absolute atomic E-state index is 0.252. The fourth-order valence-corrected chi connectivity index (χ4v) is 11.1. The second kappa shape index (κ2) is 15.9. The third kappa shape index (κ3) is 6.30. The molecule has 2 aliphatic carbocycles. The zero-order valence-electron chi connectivity index (χ0n) is 37.2. The van der Waals surface area contributed by atoms with Crippen molar-refractivity contribution in [1.82, 2.24) is 9.97 Å². The van der Waals surface area contributed by atoms with Crippen LogP contribution >= 0.6 is 0 Å². The molecule has 0 fully saturated rings. The van der Waals surface area contributed by atoms with Crippen LogP contribution < -0.4 is 0 Å². The molecule has 0 bridgehead atoms. The Labute approximate surface area is 378 Å². The summed E-state index contributed by atoms with van der Waals surface area (Å²) in [6, 6.07) is 71.4. The first-order valence-electron chi connectivity index (χ1n) is 23.2. The molecule has 0 atom stereocenters. The van der Waals surface area contributed by atoms with Crippen molar-refractivity contribution in [3.63, 3.8) is 0 Å². The minimum Gasteiger partial charge on any atom is -0.248 e. The van der Waals surface area contributed by atoms with Crippen molar-refractivity contribution < 1.29 is 0 Å². The molecule has 11 rings (SSSR count). The average molecular weight is 825 g/mol. The Kier molecular flexibility index (Phi) is 9.84. The zero-order valence-corrected chi connectivity index (χ0v) is 37.2. The first-order valence-corrected chi connectivity index (χ1v) is 23.2. The van der Waals surface area contributed by atoms with Crippen LogP contribution in [-0.4, -0.2) is 9.97 Å². The van der Waals surface area contributed by atoms with Crippen LogP contribution in [-0.2, 0) is 10.8 Å². The van der Waals surface area contributed by atoms with Crippen LogP contribution in [0.15, 0.2) is 194 Å². The second-order valence-electron chi connectivity index (χ2n) is 17.8. The molecule has 310 valence electrons. The third-order valence-electron chi connectivity index (χ3n) is 14.8. The summed E-state index contributed by atoms with van der Waals surface area (Å²) in [4.78, 5) is 11.7. The van der Waals surface area contributed by atoms with E-state index in [1.165, 1.54) is 89.0 Å². The van der Waals surface area contributed by atoms with Crippen molar-refractivity contribution in [3.8, 4) is 89.3 Å². The Bertz CT molecular complexity index is 2840. The van der Waals surface area contributed by atoms with Gasteiger partial charge in [-0.2, -0.15) is 0 Å². The van der Waals surface area contributed by atoms with Crippen molar-refractivity contribution in [2.75, 3.05) is 0 Å². The molecule has 0 radical (unpaired) electrons.